The summed E-state index contributed by atoms with van der Waals surface area (Å²) in [5, 5.41) is 11.7. The monoisotopic (exact) mass is 228 g/mol. The van der Waals surface area contributed by atoms with Gasteiger partial charge in [0.25, 0.3) is 0 Å². The minimum atomic E-state index is -0.0383. The maximum atomic E-state index is 12.0. The first-order valence-corrected chi connectivity index (χ1v) is 6.32. The summed E-state index contributed by atoms with van der Waals surface area (Å²) in [5.74, 6) is 0.0268. The summed E-state index contributed by atoms with van der Waals surface area (Å²) in [7, 11) is 0. The molecule has 0 aromatic heterocycles. The zero-order chi connectivity index (χ0) is 12.0. The number of aliphatic hydroxyl groups excluding tert-OH is 1. The van der Waals surface area contributed by atoms with Crippen molar-refractivity contribution in [1.29, 1.82) is 0 Å². The van der Waals surface area contributed by atoms with Gasteiger partial charge in [-0.2, -0.15) is 0 Å². The van der Waals surface area contributed by atoms with Gasteiger partial charge in [-0.1, -0.05) is 19.3 Å². The van der Waals surface area contributed by atoms with Gasteiger partial charge in [0, 0.05) is 18.7 Å². The normalized spacial score (nSPS) is 28.2. The van der Waals surface area contributed by atoms with Gasteiger partial charge in [0.2, 0.25) is 5.91 Å². The fourth-order valence-corrected chi connectivity index (χ4v) is 2.28. The Hall–Kier alpha value is -0.610. The van der Waals surface area contributed by atoms with Crippen LogP contribution in [0.5, 0.6) is 0 Å². The number of carbonyl (C=O) groups is 1. The lowest BCUT2D eigenvalue weighted by Crippen LogP contribution is -2.44. The van der Waals surface area contributed by atoms with Crippen LogP contribution in [0.1, 0.15) is 45.4 Å². The third-order valence-electron chi connectivity index (χ3n) is 3.36. The summed E-state index contributed by atoms with van der Waals surface area (Å²) < 4.78 is 0. The van der Waals surface area contributed by atoms with E-state index in [9.17, 15) is 4.79 Å². The standard InChI is InChI=1S/C12H24N2O2/c1-9(7-8-15)14-12(16)10-5-3-2-4-6-11(10)13/h9-11,15H,2-8,13H2,1H3,(H,14,16). The van der Waals surface area contributed by atoms with Crippen molar-refractivity contribution in [3.05, 3.63) is 0 Å². The number of hydrogen-bond donors (Lipinski definition) is 3. The lowest BCUT2D eigenvalue weighted by Gasteiger charge is -2.22. The number of rotatable bonds is 4. The Morgan fingerprint density at radius 1 is 1.44 bits per heavy atom. The highest BCUT2D eigenvalue weighted by atomic mass is 16.3. The average Bonchev–Trinajstić information content (AvgIpc) is 2.43. The van der Waals surface area contributed by atoms with E-state index in [0.717, 1.165) is 25.7 Å². The van der Waals surface area contributed by atoms with E-state index in [2.05, 4.69) is 5.32 Å². The van der Waals surface area contributed by atoms with Gasteiger partial charge in [-0.15, -0.1) is 0 Å². The molecule has 0 radical (unpaired) electrons. The minimum absolute atomic E-state index is 0.00354. The van der Waals surface area contributed by atoms with Crippen molar-refractivity contribution in [3.8, 4) is 0 Å². The summed E-state index contributed by atoms with van der Waals surface area (Å²) in [6.45, 7) is 2.02. The first kappa shape index (κ1) is 13.5. The molecule has 1 rings (SSSR count). The van der Waals surface area contributed by atoms with Crippen LogP contribution in [0.2, 0.25) is 0 Å². The molecular weight excluding hydrogens is 204 g/mol. The molecule has 94 valence electrons. The molecule has 1 aliphatic rings. The second-order valence-electron chi connectivity index (χ2n) is 4.83. The molecule has 16 heavy (non-hydrogen) atoms. The van der Waals surface area contributed by atoms with Gasteiger partial charge >= 0.3 is 0 Å². The van der Waals surface area contributed by atoms with Crippen molar-refractivity contribution < 1.29 is 9.90 Å². The lowest BCUT2D eigenvalue weighted by atomic mass is 9.94. The van der Waals surface area contributed by atoms with E-state index >= 15 is 0 Å². The van der Waals surface area contributed by atoms with E-state index < -0.39 is 0 Å². The van der Waals surface area contributed by atoms with Gasteiger partial charge in [0.1, 0.15) is 0 Å². The van der Waals surface area contributed by atoms with Crippen LogP contribution in [0.4, 0.5) is 0 Å². The molecule has 3 unspecified atom stereocenters. The molecule has 4 N–H and O–H groups in total. The molecule has 4 nitrogen and oxygen atoms in total. The van der Waals surface area contributed by atoms with Crippen LogP contribution in [-0.2, 0) is 4.79 Å². The van der Waals surface area contributed by atoms with Gasteiger partial charge in [0.15, 0.2) is 0 Å². The Labute approximate surface area is 97.6 Å². The number of hydrogen-bond acceptors (Lipinski definition) is 3. The summed E-state index contributed by atoms with van der Waals surface area (Å²) in [5.41, 5.74) is 6.02. The van der Waals surface area contributed by atoms with Crippen molar-refractivity contribution >= 4 is 5.91 Å². The Bertz CT molecular complexity index is 221. The highest BCUT2D eigenvalue weighted by molar-refractivity contribution is 5.79. The molecule has 0 aromatic carbocycles. The predicted molar refractivity (Wildman–Crippen MR) is 63.9 cm³/mol. The fourth-order valence-electron chi connectivity index (χ4n) is 2.28. The third-order valence-corrected chi connectivity index (χ3v) is 3.36. The number of nitrogens with two attached hydrogens (primary N) is 1. The van der Waals surface area contributed by atoms with Gasteiger partial charge in [-0.25, -0.2) is 0 Å². The maximum absolute atomic E-state index is 12.0. The summed E-state index contributed by atoms with van der Waals surface area (Å²) in [6.07, 6.45) is 5.87. The molecule has 1 saturated carbocycles. The molecule has 0 aromatic rings. The largest absolute Gasteiger partial charge is 0.396 e. The molecular formula is C12H24N2O2. The molecule has 3 atom stereocenters. The van der Waals surface area contributed by atoms with Crippen molar-refractivity contribution in [2.45, 2.75) is 57.5 Å². The van der Waals surface area contributed by atoms with Crippen molar-refractivity contribution in [3.63, 3.8) is 0 Å². The average molecular weight is 228 g/mol. The van der Waals surface area contributed by atoms with Crippen molar-refractivity contribution in [2.75, 3.05) is 6.61 Å². The molecule has 0 bridgehead atoms. The number of amides is 1. The number of nitrogens with one attached hydrogen (secondary N) is 1. The minimum Gasteiger partial charge on any atom is -0.396 e. The van der Waals surface area contributed by atoms with Crippen LogP contribution in [0.3, 0.4) is 0 Å². The van der Waals surface area contributed by atoms with Crippen LogP contribution in [-0.4, -0.2) is 29.7 Å². The quantitative estimate of drug-likeness (QED) is 0.622. The number of aliphatic hydroxyl groups is 1. The second-order valence-corrected chi connectivity index (χ2v) is 4.83. The topological polar surface area (TPSA) is 75.3 Å². The Balaban J connectivity index is 2.44. The number of carbonyl (C=O) groups excluding carboxylic acids is 1. The van der Waals surface area contributed by atoms with Crippen LogP contribution < -0.4 is 11.1 Å². The molecule has 0 heterocycles. The van der Waals surface area contributed by atoms with E-state index in [4.69, 9.17) is 10.8 Å². The molecule has 0 saturated heterocycles. The molecule has 1 fully saturated rings. The smallest absolute Gasteiger partial charge is 0.224 e. The molecule has 1 aliphatic carbocycles. The molecule has 1 amide bonds. The molecule has 0 spiro atoms. The highest BCUT2D eigenvalue weighted by Crippen LogP contribution is 2.22. The first-order chi connectivity index (χ1) is 7.65. The summed E-state index contributed by atoms with van der Waals surface area (Å²) in [4.78, 5) is 12.0. The Kier molecular flexibility index (Phi) is 5.77. The fraction of sp³-hybridized carbons (Fsp3) is 0.917. The van der Waals surface area contributed by atoms with Crippen molar-refractivity contribution in [2.24, 2.45) is 11.7 Å². The van der Waals surface area contributed by atoms with E-state index in [1.54, 1.807) is 0 Å². The van der Waals surface area contributed by atoms with Gasteiger partial charge in [-0.3, -0.25) is 4.79 Å². The second kappa shape index (κ2) is 6.86. The zero-order valence-electron chi connectivity index (χ0n) is 10.1. The maximum Gasteiger partial charge on any atom is 0.224 e. The van der Waals surface area contributed by atoms with Crippen LogP contribution in [0, 0.1) is 5.92 Å². The van der Waals surface area contributed by atoms with Crippen molar-refractivity contribution in [1.82, 2.24) is 5.32 Å². The van der Waals surface area contributed by atoms with E-state index in [1.165, 1.54) is 6.42 Å². The zero-order valence-corrected chi connectivity index (χ0v) is 10.1. The first-order valence-electron chi connectivity index (χ1n) is 6.32. The lowest BCUT2D eigenvalue weighted by molar-refractivity contribution is -0.126. The SMILES string of the molecule is CC(CCO)NC(=O)C1CCCCCC1N. The van der Waals surface area contributed by atoms with E-state index in [1.807, 2.05) is 6.92 Å². The van der Waals surface area contributed by atoms with Crippen LogP contribution >= 0.6 is 0 Å². The van der Waals surface area contributed by atoms with Gasteiger partial charge in [-0.05, 0) is 26.2 Å². The molecule has 0 aliphatic heterocycles. The Morgan fingerprint density at radius 3 is 2.81 bits per heavy atom. The van der Waals surface area contributed by atoms with Crippen LogP contribution in [0.15, 0.2) is 0 Å². The van der Waals surface area contributed by atoms with Crippen LogP contribution in [0.25, 0.3) is 0 Å². The molecule has 4 heteroatoms. The third kappa shape index (κ3) is 4.10. The van der Waals surface area contributed by atoms with E-state index in [-0.39, 0.29) is 30.5 Å². The van der Waals surface area contributed by atoms with Gasteiger partial charge < -0.3 is 16.2 Å². The predicted octanol–water partition coefficient (Wildman–Crippen LogP) is 0.781. The summed E-state index contributed by atoms with van der Waals surface area (Å²) in [6, 6.07) is 0.0387. The Morgan fingerprint density at radius 2 is 2.12 bits per heavy atom. The summed E-state index contributed by atoms with van der Waals surface area (Å²) >= 11 is 0. The van der Waals surface area contributed by atoms with Gasteiger partial charge in [0.05, 0.1) is 5.92 Å². The highest BCUT2D eigenvalue weighted by Gasteiger charge is 2.27. The van der Waals surface area contributed by atoms with E-state index in [0.29, 0.717) is 6.42 Å².